The average molecular weight is 317 g/mol. The molecule has 0 saturated heterocycles. The quantitative estimate of drug-likeness (QED) is 0.751. The third kappa shape index (κ3) is 4.53. The Morgan fingerprint density at radius 3 is 2.57 bits per heavy atom. The van der Waals surface area contributed by atoms with Gasteiger partial charge in [-0.05, 0) is 19.3 Å². The van der Waals surface area contributed by atoms with E-state index in [1.54, 1.807) is 25.3 Å². The lowest BCUT2D eigenvalue weighted by Crippen LogP contribution is -2.35. The van der Waals surface area contributed by atoms with Crippen molar-refractivity contribution in [3.63, 3.8) is 0 Å². The van der Waals surface area contributed by atoms with Gasteiger partial charge in [0.1, 0.15) is 5.82 Å². The highest BCUT2D eigenvalue weighted by atomic mass is 32.2. The van der Waals surface area contributed by atoms with Gasteiger partial charge >= 0.3 is 5.97 Å². The summed E-state index contributed by atoms with van der Waals surface area (Å²) in [6, 6.07) is 0. The van der Waals surface area contributed by atoms with Gasteiger partial charge in [-0.2, -0.15) is 0 Å². The van der Waals surface area contributed by atoms with Crippen LogP contribution >= 0.6 is 0 Å². The molecule has 2 N–H and O–H groups in total. The number of sulfonamides is 1. The van der Waals surface area contributed by atoms with Gasteiger partial charge in [0.25, 0.3) is 10.0 Å². The average Bonchev–Trinajstić information content (AvgIpc) is 2.71. The zero-order valence-corrected chi connectivity index (χ0v) is 13.6. The summed E-state index contributed by atoms with van der Waals surface area (Å²) in [4.78, 5) is 15.1. The van der Waals surface area contributed by atoms with Crippen LogP contribution in [-0.2, 0) is 21.4 Å². The SMILES string of the molecule is CCCn1cc(S(=O)(=O)NCC(C(=O)O)C(C)C)nc1C. The van der Waals surface area contributed by atoms with Crippen LogP contribution in [0.3, 0.4) is 0 Å². The maximum absolute atomic E-state index is 12.2. The normalized spacial score (nSPS) is 13.6. The molecule has 7 nitrogen and oxygen atoms in total. The van der Waals surface area contributed by atoms with Crippen LogP contribution in [0.4, 0.5) is 0 Å². The number of imidazole rings is 1. The van der Waals surface area contributed by atoms with Crippen molar-refractivity contribution in [3.05, 3.63) is 12.0 Å². The van der Waals surface area contributed by atoms with Gasteiger partial charge in [-0.15, -0.1) is 0 Å². The lowest BCUT2D eigenvalue weighted by Gasteiger charge is -2.16. The van der Waals surface area contributed by atoms with Crippen LogP contribution in [0.25, 0.3) is 0 Å². The standard InChI is InChI=1S/C13H23N3O4S/c1-5-6-16-8-12(15-10(16)4)21(19,20)14-7-11(9(2)3)13(17)18/h8-9,11,14H,5-7H2,1-4H3,(H,17,18). The number of hydrogen-bond acceptors (Lipinski definition) is 4. The molecule has 0 aliphatic rings. The van der Waals surface area contributed by atoms with E-state index in [4.69, 9.17) is 5.11 Å². The molecule has 0 bridgehead atoms. The maximum atomic E-state index is 12.2. The second kappa shape index (κ2) is 7.04. The molecule has 1 aromatic rings. The smallest absolute Gasteiger partial charge is 0.308 e. The molecule has 0 amide bonds. The van der Waals surface area contributed by atoms with E-state index in [1.165, 1.54) is 6.20 Å². The van der Waals surface area contributed by atoms with E-state index >= 15 is 0 Å². The molecular formula is C13H23N3O4S. The molecule has 0 aliphatic carbocycles. The third-order valence-electron chi connectivity index (χ3n) is 3.31. The van der Waals surface area contributed by atoms with E-state index in [9.17, 15) is 13.2 Å². The van der Waals surface area contributed by atoms with Crippen LogP contribution in [0.5, 0.6) is 0 Å². The molecule has 1 rings (SSSR count). The van der Waals surface area contributed by atoms with Gasteiger partial charge in [-0.25, -0.2) is 18.1 Å². The minimum absolute atomic E-state index is 0.0682. The predicted molar refractivity (Wildman–Crippen MR) is 78.4 cm³/mol. The summed E-state index contributed by atoms with van der Waals surface area (Å²) in [5.74, 6) is -1.32. The number of hydrogen-bond donors (Lipinski definition) is 2. The second-order valence-electron chi connectivity index (χ2n) is 5.36. The Morgan fingerprint density at radius 1 is 1.48 bits per heavy atom. The number of rotatable bonds is 8. The van der Waals surface area contributed by atoms with E-state index in [1.807, 2.05) is 6.92 Å². The van der Waals surface area contributed by atoms with Gasteiger partial charge in [-0.1, -0.05) is 20.8 Å². The lowest BCUT2D eigenvalue weighted by molar-refractivity contribution is -0.142. The molecule has 0 aromatic carbocycles. The monoisotopic (exact) mass is 317 g/mol. The van der Waals surface area contributed by atoms with Crippen molar-refractivity contribution in [2.24, 2.45) is 11.8 Å². The fraction of sp³-hybridized carbons (Fsp3) is 0.692. The van der Waals surface area contributed by atoms with E-state index in [0.717, 1.165) is 6.42 Å². The highest BCUT2D eigenvalue weighted by Gasteiger charge is 2.26. The Labute approximate surface area is 125 Å². The highest BCUT2D eigenvalue weighted by molar-refractivity contribution is 7.89. The summed E-state index contributed by atoms with van der Waals surface area (Å²) in [7, 11) is -3.79. The number of carboxylic acids is 1. The van der Waals surface area contributed by atoms with Gasteiger partial charge in [0.2, 0.25) is 0 Å². The highest BCUT2D eigenvalue weighted by Crippen LogP contribution is 2.13. The van der Waals surface area contributed by atoms with Crippen molar-refractivity contribution in [1.29, 1.82) is 0 Å². The van der Waals surface area contributed by atoms with Crippen LogP contribution < -0.4 is 4.72 Å². The maximum Gasteiger partial charge on any atom is 0.308 e. The first-order valence-electron chi connectivity index (χ1n) is 6.95. The van der Waals surface area contributed by atoms with Crippen molar-refractivity contribution in [2.75, 3.05) is 6.54 Å². The summed E-state index contributed by atoms with van der Waals surface area (Å²) in [5.41, 5.74) is 0. The summed E-state index contributed by atoms with van der Waals surface area (Å²) in [6.45, 7) is 7.77. The number of aromatic nitrogens is 2. The Bertz CT molecular complexity index is 593. The minimum atomic E-state index is -3.79. The number of aryl methyl sites for hydroxylation is 2. The molecule has 1 atom stereocenters. The Balaban J connectivity index is 2.86. The number of nitrogens with one attached hydrogen (secondary N) is 1. The van der Waals surface area contributed by atoms with E-state index in [0.29, 0.717) is 12.4 Å². The lowest BCUT2D eigenvalue weighted by atomic mass is 9.97. The van der Waals surface area contributed by atoms with Crippen LogP contribution in [0.15, 0.2) is 11.2 Å². The van der Waals surface area contributed by atoms with Crippen LogP contribution in [0, 0.1) is 18.8 Å². The van der Waals surface area contributed by atoms with Crippen molar-refractivity contribution < 1.29 is 18.3 Å². The Morgan fingerprint density at radius 2 is 2.10 bits per heavy atom. The fourth-order valence-corrected chi connectivity index (χ4v) is 3.02. The van der Waals surface area contributed by atoms with Gasteiger partial charge in [0, 0.05) is 19.3 Å². The summed E-state index contributed by atoms with van der Waals surface area (Å²) >= 11 is 0. The molecular weight excluding hydrogens is 294 g/mol. The third-order valence-corrected chi connectivity index (χ3v) is 4.60. The second-order valence-corrected chi connectivity index (χ2v) is 7.07. The Kier molecular flexibility index (Phi) is 5.91. The molecule has 1 heterocycles. The van der Waals surface area contributed by atoms with Crippen LogP contribution in [0.2, 0.25) is 0 Å². The fourth-order valence-electron chi connectivity index (χ4n) is 1.96. The first-order valence-corrected chi connectivity index (χ1v) is 8.43. The largest absolute Gasteiger partial charge is 0.481 e. The predicted octanol–water partition coefficient (Wildman–Crippen LogP) is 1.24. The molecule has 0 radical (unpaired) electrons. The molecule has 1 unspecified atom stereocenters. The zero-order chi connectivity index (χ0) is 16.2. The summed E-state index contributed by atoms with van der Waals surface area (Å²) in [6.07, 6.45) is 2.35. The Hall–Kier alpha value is -1.41. The van der Waals surface area contributed by atoms with Crippen LogP contribution in [0.1, 0.15) is 33.0 Å². The van der Waals surface area contributed by atoms with Gasteiger partial charge in [0.15, 0.2) is 5.03 Å². The topological polar surface area (TPSA) is 101 Å². The van der Waals surface area contributed by atoms with Crippen molar-refractivity contribution in [3.8, 4) is 0 Å². The van der Waals surface area contributed by atoms with E-state index in [2.05, 4.69) is 9.71 Å². The number of nitrogens with zero attached hydrogens (tertiary/aromatic N) is 2. The van der Waals surface area contributed by atoms with Crippen molar-refractivity contribution in [2.45, 2.75) is 45.7 Å². The van der Waals surface area contributed by atoms with Crippen molar-refractivity contribution in [1.82, 2.24) is 14.3 Å². The first-order chi connectivity index (χ1) is 9.69. The molecule has 0 aliphatic heterocycles. The molecule has 0 saturated carbocycles. The van der Waals surface area contributed by atoms with Gasteiger partial charge < -0.3 is 9.67 Å². The van der Waals surface area contributed by atoms with Gasteiger partial charge in [-0.3, -0.25) is 4.79 Å². The number of carbonyl (C=O) groups is 1. The molecule has 1 aromatic heterocycles. The van der Waals surface area contributed by atoms with Crippen LogP contribution in [-0.4, -0.2) is 35.6 Å². The molecule has 8 heteroatoms. The number of aliphatic carboxylic acids is 1. The molecule has 120 valence electrons. The summed E-state index contributed by atoms with van der Waals surface area (Å²) < 4.78 is 28.4. The van der Waals surface area contributed by atoms with Crippen molar-refractivity contribution >= 4 is 16.0 Å². The minimum Gasteiger partial charge on any atom is -0.481 e. The van der Waals surface area contributed by atoms with E-state index in [-0.39, 0.29) is 17.5 Å². The molecule has 21 heavy (non-hydrogen) atoms. The number of carboxylic acid groups (broad SMARTS) is 1. The summed E-state index contributed by atoms with van der Waals surface area (Å²) in [5, 5.41) is 9.01. The first kappa shape index (κ1) is 17.6. The molecule has 0 spiro atoms. The van der Waals surface area contributed by atoms with Gasteiger partial charge in [0.05, 0.1) is 5.92 Å². The molecule has 0 fully saturated rings. The zero-order valence-electron chi connectivity index (χ0n) is 12.8. The van der Waals surface area contributed by atoms with E-state index < -0.39 is 21.9 Å².